The van der Waals surface area contributed by atoms with Crippen LogP contribution in [0.15, 0.2) is 12.2 Å². The normalized spacial score (nSPS) is 49.9. The van der Waals surface area contributed by atoms with Crippen LogP contribution in [0.3, 0.4) is 0 Å². The Morgan fingerprint density at radius 1 is 1.00 bits per heavy atom. The van der Waals surface area contributed by atoms with Crippen LogP contribution in [0.25, 0.3) is 0 Å². The predicted octanol–water partition coefficient (Wildman–Crippen LogP) is 7.25. The van der Waals surface area contributed by atoms with E-state index in [1.54, 1.807) is 5.57 Å². The highest BCUT2D eigenvalue weighted by Crippen LogP contribution is 2.66. The van der Waals surface area contributed by atoms with Crippen LogP contribution in [0.1, 0.15) is 92.9 Å². The van der Waals surface area contributed by atoms with E-state index in [0.717, 1.165) is 23.7 Å². The van der Waals surface area contributed by atoms with Crippen molar-refractivity contribution in [3.05, 3.63) is 12.2 Å². The van der Waals surface area contributed by atoms with Gasteiger partial charge in [0.1, 0.15) is 0 Å². The molecule has 0 aromatic rings. The first-order valence-electron chi connectivity index (χ1n) is 10.3. The van der Waals surface area contributed by atoms with Gasteiger partial charge in [0.2, 0.25) is 0 Å². The lowest BCUT2D eigenvalue weighted by atomic mass is 9.45. The molecule has 0 nitrogen and oxygen atoms in total. The summed E-state index contributed by atoms with van der Waals surface area (Å²) in [5.41, 5.74) is 3.05. The van der Waals surface area contributed by atoms with Crippen molar-refractivity contribution >= 4 is 0 Å². The van der Waals surface area contributed by atoms with E-state index in [1.807, 2.05) is 0 Å². The van der Waals surface area contributed by atoms with E-state index in [0.29, 0.717) is 16.2 Å². The zero-order chi connectivity index (χ0) is 17.0. The molecule has 3 aliphatic carbocycles. The average molecular weight is 317 g/mol. The maximum Gasteiger partial charge on any atom is -0.00879 e. The molecule has 3 saturated carbocycles. The zero-order valence-corrected chi connectivity index (χ0v) is 16.7. The van der Waals surface area contributed by atoms with Gasteiger partial charge >= 0.3 is 0 Å². The van der Waals surface area contributed by atoms with Crippen LogP contribution in [0.2, 0.25) is 0 Å². The Morgan fingerprint density at radius 2 is 1.70 bits per heavy atom. The first-order valence-corrected chi connectivity index (χ1v) is 10.3. The molecule has 3 rings (SSSR count). The monoisotopic (exact) mass is 316 g/mol. The summed E-state index contributed by atoms with van der Waals surface area (Å²) in [7, 11) is 0. The lowest BCUT2D eigenvalue weighted by Gasteiger charge is -2.60. The van der Waals surface area contributed by atoms with E-state index in [-0.39, 0.29) is 0 Å². The van der Waals surface area contributed by atoms with Crippen molar-refractivity contribution in [2.24, 2.45) is 39.9 Å². The Kier molecular flexibility index (Phi) is 4.30. The number of hydrogen-bond acceptors (Lipinski definition) is 0. The molecule has 23 heavy (non-hydrogen) atoms. The van der Waals surface area contributed by atoms with Gasteiger partial charge in [-0.25, -0.2) is 0 Å². The van der Waals surface area contributed by atoms with Gasteiger partial charge in [0.05, 0.1) is 0 Å². The highest BCUT2D eigenvalue weighted by atomic mass is 14.6. The molecule has 0 amide bonds. The van der Waals surface area contributed by atoms with Gasteiger partial charge in [-0.3, -0.25) is 0 Å². The van der Waals surface area contributed by atoms with Crippen LogP contribution in [0.5, 0.6) is 0 Å². The van der Waals surface area contributed by atoms with Gasteiger partial charge in [0.15, 0.2) is 0 Å². The second-order valence-electron chi connectivity index (χ2n) is 10.5. The van der Waals surface area contributed by atoms with Crippen molar-refractivity contribution < 1.29 is 0 Å². The van der Waals surface area contributed by atoms with Crippen LogP contribution in [0.4, 0.5) is 0 Å². The molecule has 0 aliphatic heterocycles. The quantitative estimate of drug-likeness (QED) is 0.471. The molecule has 0 radical (unpaired) electrons. The maximum atomic E-state index is 4.47. The first kappa shape index (κ1) is 17.6. The molecule has 0 heterocycles. The standard InChI is InChI=1S/C23H40/c1-8-18-19-10-9-17(3)22(19,6)13-12-20(18)23(7)14-11-16(2)15-21(23,4)5/h16,18-20H,3,8-15H2,1-2,4-7H3. The molecule has 0 heteroatoms. The maximum absolute atomic E-state index is 4.47. The van der Waals surface area contributed by atoms with Crippen LogP contribution in [-0.2, 0) is 0 Å². The second-order valence-corrected chi connectivity index (χ2v) is 10.5. The van der Waals surface area contributed by atoms with Gasteiger partial charge in [0, 0.05) is 0 Å². The third-order valence-electron chi connectivity index (χ3n) is 9.24. The first-order chi connectivity index (χ1) is 10.7. The molecule has 0 saturated heterocycles. The largest absolute Gasteiger partial charge is 0.0993 e. The van der Waals surface area contributed by atoms with E-state index in [2.05, 4.69) is 48.1 Å². The highest BCUT2D eigenvalue weighted by Gasteiger charge is 2.57. The fraction of sp³-hybridized carbons (Fsp3) is 0.913. The average Bonchev–Trinajstić information content (AvgIpc) is 2.78. The second kappa shape index (κ2) is 5.63. The molecule has 132 valence electrons. The van der Waals surface area contributed by atoms with Gasteiger partial charge in [-0.2, -0.15) is 0 Å². The molecule has 6 atom stereocenters. The minimum absolute atomic E-state index is 0.458. The minimum atomic E-state index is 0.458. The Hall–Kier alpha value is -0.260. The third kappa shape index (κ3) is 2.46. The summed E-state index contributed by atoms with van der Waals surface area (Å²) in [4.78, 5) is 0. The van der Waals surface area contributed by atoms with E-state index in [9.17, 15) is 0 Å². The molecular formula is C23H40. The third-order valence-corrected chi connectivity index (χ3v) is 9.24. The molecule has 0 spiro atoms. The van der Waals surface area contributed by atoms with E-state index < -0.39 is 0 Å². The number of rotatable bonds is 2. The lowest BCUT2D eigenvalue weighted by molar-refractivity contribution is -0.104. The summed E-state index contributed by atoms with van der Waals surface area (Å²) in [5.74, 6) is 3.67. The summed E-state index contributed by atoms with van der Waals surface area (Å²) >= 11 is 0. The van der Waals surface area contributed by atoms with Crippen molar-refractivity contribution in [3.8, 4) is 0 Å². The fourth-order valence-electron chi connectivity index (χ4n) is 7.33. The smallest absolute Gasteiger partial charge is 0.00879 e. The Morgan fingerprint density at radius 3 is 2.30 bits per heavy atom. The lowest BCUT2D eigenvalue weighted by Crippen LogP contribution is -2.52. The predicted molar refractivity (Wildman–Crippen MR) is 101 cm³/mol. The summed E-state index contributed by atoms with van der Waals surface area (Å²) in [6.45, 7) is 19.8. The summed E-state index contributed by atoms with van der Waals surface area (Å²) in [6.07, 6.45) is 11.2. The van der Waals surface area contributed by atoms with Gasteiger partial charge in [0.25, 0.3) is 0 Å². The highest BCUT2D eigenvalue weighted by molar-refractivity contribution is 5.21. The van der Waals surface area contributed by atoms with Gasteiger partial charge in [-0.05, 0) is 78.4 Å². The number of fused-ring (bicyclic) bond motifs is 1. The Bertz CT molecular complexity index is 472. The van der Waals surface area contributed by atoms with Crippen LogP contribution >= 0.6 is 0 Å². The number of allylic oxidation sites excluding steroid dienone is 1. The molecule has 0 bridgehead atoms. The van der Waals surface area contributed by atoms with Crippen molar-refractivity contribution in [2.75, 3.05) is 0 Å². The molecule has 0 aromatic carbocycles. The van der Waals surface area contributed by atoms with E-state index in [4.69, 9.17) is 0 Å². The molecule has 3 fully saturated rings. The number of hydrogen-bond donors (Lipinski definition) is 0. The summed E-state index contributed by atoms with van der Waals surface area (Å²) < 4.78 is 0. The zero-order valence-electron chi connectivity index (χ0n) is 16.7. The van der Waals surface area contributed by atoms with Crippen molar-refractivity contribution in [1.29, 1.82) is 0 Å². The molecular weight excluding hydrogens is 276 g/mol. The Balaban J connectivity index is 1.92. The van der Waals surface area contributed by atoms with Crippen LogP contribution in [-0.4, -0.2) is 0 Å². The Labute approximate surface area is 145 Å². The summed E-state index contributed by atoms with van der Waals surface area (Å²) in [6, 6.07) is 0. The van der Waals surface area contributed by atoms with Crippen LogP contribution < -0.4 is 0 Å². The van der Waals surface area contributed by atoms with Crippen molar-refractivity contribution in [1.82, 2.24) is 0 Å². The van der Waals surface area contributed by atoms with Crippen LogP contribution in [0, 0.1) is 39.9 Å². The van der Waals surface area contributed by atoms with Crippen molar-refractivity contribution in [3.63, 3.8) is 0 Å². The fourth-order valence-corrected chi connectivity index (χ4v) is 7.33. The van der Waals surface area contributed by atoms with Crippen molar-refractivity contribution in [2.45, 2.75) is 92.9 Å². The molecule has 0 N–H and O–H groups in total. The molecule has 6 unspecified atom stereocenters. The minimum Gasteiger partial charge on any atom is -0.0993 e. The molecule has 0 aromatic heterocycles. The van der Waals surface area contributed by atoms with E-state index >= 15 is 0 Å². The molecule has 3 aliphatic rings. The van der Waals surface area contributed by atoms with Gasteiger partial charge in [-0.15, -0.1) is 0 Å². The summed E-state index contributed by atoms with van der Waals surface area (Å²) in [5, 5.41) is 0. The van der Waals surface area contributed by atoms with Gasteiger partial charge in [-0.1, -0.05) is 66.5 Å². The van der Waals surface area contributed by atoms with Gasteiger partial charge < -0.3 is 0 Å². The van der Waals surface area contributed by atoms with E-state index in [1.165, 1.54) is 51.4 Å². The SMILES string of the molecule is C=C1CCC2C(CC)C(C3(C)CCC(C)CC3(C)C)CCC12C. The topological polar surface area (TPSA) is 0 Å².